The maximum absolute atomic E-state index is 13.6. The molecule has 0 saturated carbocycles. The van der Waals surface area contributed by atoms with Gasteiger partial charge in [-0.05, 0) is 50.2 Å². The van der Waals surface area contributed by atoms with Gasteiger partial charge in [0.25, 0.3) is 0 Å². The molecule has 118 valence electrons. The summed E-state index contributed by atoms with van der Waals surface area (Å²) in [5.74, 6) is -0.741. The van der Waals surface area contributed by atoms with Gasteiger partial charge in [-0.3, -0.25) is 0 Å². The van der Waals surface area contributed by atoms with Crippen LogP contribution in [0.3, 0.4) is 0 Å². The van der Waals surface area contributed by atoms with Crippen molar-refractivity contribution >= 4 is 10.0 Å². The van der Waals surface area contributed by atoms with Crippen molar-refractivity contribution in [3.05, 3.63) is 35.4 Å². The van der Waals surface area contributed by atoms with E-state index in [4.69, 9.17) is 0 Å². The smallest absolute Gasteiger partial charge is 0.212 e. The van der Waals surface area contributed by atoms with Gasteiger partial charge in [0.1, 0.15) is 11.6 Å². The lowest BCUT2D eigenvalue weighted by Crippen LogP contribution is -2.40. The number of rotatable bonds is 5. The molecule has 1 atom stereocenters. The van der Waals surface area contributed by atoms with Crippen LogP contribution in [0.1, 0.15) is 31.7 Å². The van der Waals surface area contributed by atoms with Crippen LogP contribution in [0, 0.1) is 17.6 Å². The molecule has 1 fully saturated rings. The zero-order valence-corrected chi connectivity index (χ0v) is 13.0. The van der Waals surface area contributed by atoms with E-state index in [0.717, 1.165) is 25.3 Å². The summed E-state index contributed by atoms with van der Waals surface area (Å²) in [6.07, 6.45) is 3.03. The minimum atomic E-state index is -3.14. The van der Waals surface area contributed by atoms with E-state index >= 15 is 0 Å². The lowest BCUT2D eigenvalue weighted by Gasteiger charge is -2.31. The molecule has 0 unspecified atom stereocenters. The highest BCUT2D eigenvalue weighted by molar-refractivity contribution is 7.89. The normalized spacial score (nSPS) is 20.6. The summed E-state index contributed by atoms with van der Waals surface area (Å²) in [5, 5.41) is 0. The summed E-state index contributed by atoms with van der Waals surface area (Å²) < 4.78 is 51.8. The molecule has 0 spiro atoms. The van der Waals surface area contributed by atoms with Crippen LogP contribution in [-0.2, 0) is 16.4 Å². The van der Waals surface area contributed by atoms with Gasteiger partial charge in [-0.2, -0.15) is 0 Å². The molecule has 6 heteroatoms. The minimum absolute atomic E-state index is 0.117. The Bertz CT molecular complexity index is 589. The van der Waals surface area contributed by atoms with E-state index in [-0.39, 0.29) is 11.7 Å². The number of piperidine rings is 1. The van der Waals surface area contributed by atoms with Gasteiger partial charge < -0.3 is 0 Å². The van der Waals surface area contributed by atoms with Gasteiger partial charge in [0.15, 0.2) is 0 Å². The van der Waals surface area contributed by atoms with Crippen LogP contribution in [0.5, 0.6) is 0 Å². The number of nitrogens with zero attached hydrogens (tertiary/aromatic N) is 1. The van der Waals surface area contributed by atoms with Gasteiger partial charge in [0.2, 0.25) is 10.0 Å². The molecule has 1 aromatic carbocycles. The van der Waals surface area contributed by atoms with Crippen LogP contribution >= 0.6 is 0 Å². The van der Waals surface area contributed by atoms with Crippen molar-refractivity contribution in [2.24, 2.45) is 5.92 Å². The zero-order valence-electron chi connectivity index (χ0n) is 12.2. The summed E-state index contributed by atoms with van der Waals surface area (Å²) in [6.45, 7) is 2.74. The fraction of sp³-hybridized carbons (Fsp3) is 0.600. The predicted octanol–water partition coefficient (Wildman–Crippen LogP) is 2.96. The Balaban J connectivity index is 1.94. The largest absolute Gasteiger partial charge is 0.213 e. The molecular formula is C15H21F2NO2S. The SMILES string of the molecule is CCS(=O)(=O)N1CCC[C@H](CCc2ccc(F)cc2F)C1. The molecule has 3 nitrogen and oxygen atoms in total. The lowest BCUT2D eigenvalue weighted by atomic mass is 9.92. The van der Waals surface area contributed by atoms with Crippen LogP contribution in [0.15, 0.2) is 18.2 Å². The second kappa shape index (κ2) is 6.83. The topological polar surface area (TPSA) is 37.4 Å². The quantitative estimate of drug-likeness (QED) is 0.837. The molecule has 0 amide bonds. The fourth-order valence-electron chi connectivity index (χ4n) is 2.78. The van der Waals surface area contributed by atoms with Gasteiger partial charge in [0, 0.05) is 19.2 Å². The summed E-state index contributed by atoms with van der Waals surface area (Å²) >= 11 is 0. The molecule has 2 rings (SSSR count). The Kier molecular flexibility index (Phi) is 5.32. The molecule has 1 aliphatic heterocycles. The van der Waals surface area contributed by atoms with Crippen molar-refractivity contribution in [3.63, 3.8) is 0 Å². The van der Waals surface area contributed by atoms with Crippen molar-refractivity contribution in [2.75, 3.05) is 18.8 Å². The first kappa shape index (κ1) is 16.4. The Morgan fingerprint density at radius 2 is 2.10 bits per heavy atom. The summed E-state index contributed by atoms with van der Waals surface area (Å²) in [4.78, 5) is 0. The standard InChI is InChI=1S/C15H21F2NO2S/c1-2-21(19,20)18-9-3-4-12(11-18)5-6-13-7-8-14(16)10-15(13)17/h7-8,10,12H,2-6,9,11H2,1H3/t12-/m1/s1. The van der Waals surface area contributed by atoms with Crippen LogP contribution in [0.25, 0.3) is 0 Å². The van der Waals surface area contributed by atoms with Crippen LogP contribution in [-0.4, -0.2) is 31.6 Å². The molecule has 1 aromatic rings. The van der Waals surface area contributed by atoms with Gasteiger partial charge in [-0.15, -0.1) is 0 Å². The molecular weight excluding hydrogens is 296 g/mol. The third-order valence-electron chi connectivity index (χ3n) is 4.08. The van der Waals surface area contributed by atoms with Crippen molar-refractivity contribution in [1.29, 1.82) is 0 Å². The first-order chi connectivity index (χ1) is 9.92. The van der Waals surface area contributed by atoms with Crippen LogP contribution < -0.4 is 0 Å². The first-order valence-electron chi connectivity index (χ1n) is 7.34. The van der Waals surface area contributed by atoms with Crippen molar-refractivity contribution in [3.8, 4) is 0 Å². The van der Waals surface area contributed by atoms with E-state index in [1.165, 1.54) is 12.1 Å². The predicted molar refractivity (Wildman–Crippen MR) is 78.4 cm³/mol. The third-order valence-corrected chi connectivity index (χ3v) is 5.92. The Hall–Kier alpha value is -1.01. The molecule has 0 aliphatic carbocycles. The highest BCUT2D eigenvalue weighted by Crippen LogP contribution is 2.24. The molecule has 21 heavy (non-hydrogen) atoms. The summed E-state index contributed by atoms with van der Waals surface area (Å²) in [5.41, 5.74) is 0.492. The Morgan fingerprint density at radius 1 is 1.33 bits per heavy atom. The van der Waals surface area contributed by atoms with Crippen molar-refractivity contribution < 1.29 is 17.2 Å². The lowest BCUT2D eigenvalue weighted by molar-refractivity contribution is 0.256. The molecule has 0 aromatic heterocycles. The van der Waals surface area contributed by atoms with Crippen molar-refractivity contribution in [2.45, 2.75) is 32.6 Å². The summed E-state index contributed by atoms with van der Waals surface area (Å²) in [6, 6.07) is 3.62. The van der Waals surface area contributed by atoms with Crippen molar-refractivity contribution in [1.82, 2.24) is 4.31 Å². The maximum Gasteiger partial charge on any atom is 0.213 e. The molecule has 1 heterocycles. The van der Waals surface area contributed by atoms with E-state index in [2.05, 4.69) is 0 Å². The summed E-state index contributed by atoms with van der Waals surface area (Å²) in [7, 11) is -3.14. The number of halogens is 2. The average Bonchev–Trinajstić information content (AvgIpc) is 2.46. The Labute approximate surface area is 125 Å². The third kappa shape index (κ3) is 4.23. The van der Waals surface area contributed by atoms with Gasteiger partial charge >= 0.3 is 0 Å². The second-order valence-corrected chi connectivity index (χ2v) is 7.80. The fourth-order valence-corrected chi connectivity index (χ4v) is 3.99. The van der Waals surface area contributed by atoms with E-state index in [9.17, 15) is 17.2 Å². The van der Waals surface area contributed by atoms with Crippen LogP contribution in [0.2, 0.25) is 0 Å². The molecule has 0 radical (unpaired) electrons. The molecule has 1 saturated heterocycles. The van der Waals surface area contributed by atoms with E-state index in [0.29, 0.717) is 25.1 Å². The average molecular weight is 317 g/mol. The van der Waals surface area contributed by atoms with Gasteiger partial charge in [0.05, 0.1) is 5.75 Å². The van der Waals surface area contributed by atoms with E-state index in [1.807, 2.05) is 0 Å². The highest BCUT2D eigenvalue weighted by atomic mass is 32.2. The number of hydrogen-bond acceptors (Lipinski definition) is 2. The Morgan fingerprint density at radius 3 is 2.76 bits per heavy atom. The van der Waals surface area contributed by atoms with E-state index in [1.54, 1.807) is 11.2 Å². The van der Waals surface area contributed by atoms with Gasteiger partial charge in [-0.25, -0.2) is 21.5 Å². The highest BCUT2D eigenvalue weighted by Gasteiger charge is 2.27. The molecule has 0 N–H and O–H groups in total. The van der Waals surface area contributed by atoms with Gasteiger partial charge in [-0.1, -0.05) is 6.07 Å². The number of sulfonamides is 1. The zero-order chi connectivity index (χ0) is 15.5. The minimum Gasteiger partial charge on any atom is -0.212 e. The van der Waals surface area contributed by atoms with E-state index < -0.39 is 21.7 Å². The molecule has 1 aliphatic rings. The maximum atomic E-state index is 13.6. The number of benzene rings is 1. The van der Waals surface area contributed by atoms with Crippen LogP contribution in [0.4, 0.5) is 8.78 Å². The molecule has 0 bridgehead atoms. The first-order valence-corrected chi connectivity index (χ1v) is 8.95. The monoisotopic (exact) mass is 317 g/mol. The number of hydrogen-bond donors (Lipinski definition) is 0. The second-order valence-electron chi connectivity index (χ2n) is 5.54. The number of aryl methyl sites for hydroxylation is 1.